The predicted octanol–water partition coefficient (Wildman–Crippen LogP) is 4.53. The smallest absolute Gasteiger partial charge is 0.338 e. The minimum Gasteiger partial charge on any atom is -0.456 e. The standard InChI is InChI=1S/C19H21ClO3/c1-2-11-22-14-18(12-15-7-4-3-5-8-15)23-19(21)16-9-6-10-17(20)13-16/h3-10,13,18H,2,11-12,14H2,1H3. The summed E-state index contributed by atoms with van der Waals surface area (Å²) in [5.41, 5.74) is 1.56. The van der Waals surface area contributed by atoms with Crippen molar-refractivity contribution in [2.75, 3.05) is 13.2 Å². The fraction of sp³-hybridized carbons (Fsp3) is 0.316. The van der Waals surface area contributed by atoms with Gasteiger partial charge in [-0.05, 0) is 30.2 Å². The van der Waals surface area contributed by atoms with E-state index in [1.165, 1.54) is 0 Å². The molecule has 2 rings (SSSR count). The van der Waals surface area contributed by atoms with Crippen molar-refractivity contribution in [3.05, 3.63) is 70.7 Å². The fourth-order valence-electron chi connectivity index (χ4n) is 2.21. The van der Waals surface area contributed by atoms with Crippen molar-refractivity contribution in [1.82, 2.24) is 0 Å². The van der Waals surface area contributed by atoms with E-state index < -0.39 is 0 Å². The monoisotopic (exact) mass is 332 g/mol. The number of ether oxygens (including phenoxy) is 2. The van der Waals surface area contributed by atoms with Gasteiger partial charge in [-0.25, -0.2) is 4.79 Å². The van der Waals surface area contributed by atoms with E-state index in [9.17, 15) is 4.79 Å². The first-order chi connectivity index (χ1) is 11.2. The Balaban J connectivity index is 2.02. The van der Waals surface area contributed by atoms with E-state index in [2.05, 4.69) is 0 Å². The molecule has 2 aromatic rings. The first kappa shape index (κ1) is 17.5. The van der Waals surface area contributed by atoms with Gasteiger partial charge in [0.15, 0.2) is 0 Å². The molecule has 0 bridgehead atoms. The summed E-state index contributed by atoms with van der Waals surface area (Å²) in [6, 6.07) is 16.7. The summed E-state index contributed by atoms with van der Waals surface area (Å²) in [7, 11) is 0. The minimum absolute atomic E-state index is 0.324. The van der Waals surface area contributed by atoms with Gasteiger partial charge in [-0.1, -0.05) is 54.9 Å². The molecule has 0 N–H and O–H groups in total. The first-order valence-corrected chi connectivity index (χ1v) is 8.15. The van der Waals surface area contributed by atoms with Crippen molar-refractivity contribution in [2.24, 2.45) is 0 Å². The second kappa shape index (κ2) is 9.33. The zero-order valence-corrected chi connectivity index (χ0v) is 14.0. The van der Waals surface area contributed by atoms with Crippen LogP contribution in [0.25, 0.3) is 0 Å². The molecular weight excluding hydrogens is 312 g/mol. The quantitative estimate of drug-likeness (QED) is 0.526. The molecule has 0 saturated heterocycles. The Bertz CT molecular complexity index is 613. The third kappa shape index (κ3) is 6.05. The topological polar surface area (TPSA) is 35.5 Å². The van der Waals surface area contributed by atoms with Crippen LogP contribution in [-0.4, -0.2) is 25.3 Å². The van der Waals surface area contributed by atoms with Crippen LogP contribution in [0.3, 0.4) is 0 Å². The summed E-state index contributed by atoms with van der Waals surface area (Å²) >= 11 is 5.93. The second-order valence-electron chi connectivity index (χ2n) is 5.30. The molecule has 0 spiro atoms. The van der Waals surface area contributed by atoms with Gasteiger partial charge in [0.2, 0.25) is 0 Å². The average Bonchev–Trinajstić information content (AvgIpc) is 2.56. The van der Waals surface area contributed by atoms with Crippen LogP contribution in [-0.2, 0) is 15.9 Å². The van der Waals surface area contributed by atoms with E-state index in [4.69, 9.17) is 21.1 Å². The second-order valence-corrected chi connectivity index (χ2v) is 5.74. The molecule has 1 unspecified atom stereocenters. The largest absolute Gasteiger partial charge is 0.456 e. The van der Waals surface area contributed by atoms with E-state index >= 15 is 0 Å². The zero-order valence-electron chi connectivity index (χ0n) is 13.2. The number of rotatable bonds is 8. The maximum atomic E-state index is 12.3. The van der Waals surface area contributed by atoms with Crippen LogP contribution in [0.4, 0.5) is 0 Å². The molecular formula is C19H21ClO3. The van der Waals surface area contributed by atoms with E-state index in [1.54, 1.807) is 24.3 Å². The summed E-state index contributed by atoms with van der Waals surface area (Å²) in [5.74, 6) is -0.381. The van der Waals surface area contributed by atoms with E-state index in [-0.39, 0.29) is 12.1 Å². The molecule has 0 fully saturated rings. The Hall–Kier alpha value is -1.84. The molecule has 0 aliphatic carbocycles. The number of hydrogen-bond donors (Lipinski definition) is 0. The Labute approximate surface area is 142 Å². The number of halogens is 1. The molecule has 2 aromatic carbocycles. The lowest BCUT2D eigenvalue weighted by Gasteiger charge is -2.18. The fourth-order valence-corrected chi connectivity index (χ4v) is 2.40. The first-order valence-electron chi connectivity index (χ1n) is 7.77. The van der Waals surface area contributed by atoms with Crippen molar-refractivity contribution in [3.63, 3.8) is 0 Å². The molecule has 0 saturated carbocycles. The van der Waals surface area contributed by atoms with Gasteiger partial charge in [-0.15, -0.1) is 0 Å². The van der Waals surface area contributed by atoms with Gasteiger partial charge in [-0.3, -0.25) is 0 Å². The van der Waals surface area contributed by atoms with Gasteiger partial charge in [0, 0.05) is 18.1 Å². The Morgan fingerprint density at radius 2 is 1.91 bits per heavy atom. The predicted molar refractivity (Wildman–Crippen MR) is 91.9 cm³/mol. The van der Waals surface area contributed by atoms with Crippen LogP contribution in [0.1, 0.15) is 29.3 Å². The lowest BCUT2D eigenvalue weighted by Crippen LogP contribution is -2.26. The lowest BCUT2D eigenvalue weighted by molar-refractivity contribution is -0.00388. The summed E-state index contributed by atoms with van der Waals surface area (Å²) in [6.45, 7) is 3.08. The zero-order chi connectivity index (χ0) is 16.5. The van der Waals surface area contributed by atoms with Gasteiger partial charge in [-0.2, -0.15) is 0 Å². The number of carbonyl (C=O) groups excluding carboxylic acids is 1. The Morgan fingerprint density at radius 3 is 2.61 bits per heavy atom. The van der Waals surface area contributed by atoms with Crippen molar-refractivity contribution in [3.8, 4) is 0 Å². The summed E-state index contributed by atoms with van der Waals surface area (Å²) in [4.78, 5) is 12.3. The molecule has 3 nitrogen and oxygen atoms in total. The lowest BCUT2D eigenvalue weighted by atomic mass is 10.1. The SMILES string of the molecule is CCCOCC(Cc1ccccc1)OC(=O)c1cccc(Cl)c1. The van der Waals surface area contributed by atoms with E-state index in [0.717, 1.165) is 12.0 Å². The molecule has 1 atom stereocenters. The third-order valence-corrected chi connectivity index (χ3v) is 3.53. The highest BCUT2D eigenvalue weighted by Crippen LogP contribution is 2.14. The Kier molecular flexibility index (Phi) is 7.11. The highest BCUT2D eigenvalue weighted by molar-refractivity contribution is 6.30. The Morgan fingerprint density at radius 1 is 1.13 bits per heavy atom. The number of esters is 1. The highest BCUT2D eigenvalue weighted by Gasteiger charge is 2.17. The molecule has 0 aliphatic heterocycles. The number of hydrogen-bond acceptors (Lipinski definition) is 3. The van der Waals surface area contributed by atoms with Crippen LogP contribution in [0, 0.1) is 0 Å². The highest BCUT2D eigenvalue weighted by atomic mass is 35.5. The van der Waals surface area contributed by atoms with Gasteiger partial charge >= 0.3 is 5.97 Å². The van der Waals surface area contributed by atoms with Crippen molar-refractivity contribution < 1.29 is 14.3 Å². The van der Waals surface area contributed by atoms with Crippen LogP contribution >= 0.6 is 11.6 Å². The molecule has 0 amide bonds. The number of carbonyl (C=O) groups is 1. The molecule has 0 aliphatic rings. The third-order valence-electron chi connectivity index (χ3n) is 3.29. The van der Waals surface area contributed by atoms with Gasteiger partial charge in [0.25, 0.3) is 0 Å². The minimum atomic E-state index is -0.381. The van der Waals surface area contributed by atoms with Gasteiger partial charge in [0.1, 0.15) is 6.10 Å². The molecule has 4 heteroatoms. The van der Waals surface area contributed by atoms with Crippen molar-refractivity contribution in [1.29, 1.82) is 0 Å². The van der Waals surface area contributed by atoms with Crippen LogP contribution in [0.2, 0.25) is 5.02 Å². The summed E-state index contributed by atoms with van der Waals surface area (Å²) in [5, 5.41) is 0.515. The molecule has 0 aromatic heterocycles. The maximum Gasteiger partial charge on any atom is 0.338 e. The van der Waals surface area contributed by atoms with Crippen LogP contribution in [0.15, 0.2) is 54.6 Å². The average molecular weight is 333 g/mol. The maximum absolute atomic E-state index is 12.3. The molecule has 0 heterocycles. The summed E-state index contributed by atoms with van der Waals surface area (Å²) < 4.78 is 11.2. The normalized spacial score (nSPS) is 11.9. The summed E-state index contributed by atoms with van der Waals surface area (Å²) in [6.07, 6.45) is 1.23. The molecule has 0 radical (unpaired) electrons. The van der Waals surface area contributed by atoms with Crippen LogP contribution < -0.4 is 0 Å². The van der Waals surface area contributed by atoms with Crippen molar-refractivity contribution in [2.45, 2.75) is 25.9 Å². The van der Waals surface area contributed by atoms with Crippen LogP contribution in [0.5, 0.6) is 0 Å². The van der Waals surface area contributed by atoms with E-state index in [0.29, 0.717) is 30.2 Å². The molecule has 122 valence electrons. The van der Waals surface area contributed by atoms with Gasteiger partial charge < -0.3 is 9.47 Å². The number of benzene rings is 2. The van der Waals surface area contributed by atoms with Gasteiger partial charge in [0.05, 0.1) is 12.2 Å². The van der Waals surface area contributed by atoms with E-state index in [1.807, 2.05) is 37.3 Å². The van der Waals surface area contributed by atoms with Crippen molar-refractivity contribution >= 4 is 17.6 Å². The molecule has 23 heavy (non-hydrogen) atoms.